The van der Waals surface area contributed by atoms with Crippen LogP contribution in [0.1, 0.15) is 38.3 Å². The summed E-state index contributed by atoms with van der Waals surface area (Å²) in [7, 11) is 0. The molecule has 1 atom stereocenters. The predicted octanol–water partition coefficient (Wildman–Crippen LogP) is 3.91. The Morgan fingerprint density at radius 2 is 1.84 bits per heavy atom. The summed E-state index contributed by atoms with van der Waals surface area (Å²) in [4.78, 5) is 13.9. The van der Waals surface area contributed by atoms with Crippen molar-refractivity contribution >= 4 is 16.7 Å². The molecule has 3 rings (SSSR count). The van der Waals surface area contributed by atoms with Gasteiger partial charge in [0.25, 0.3) is 0 Å². The fourth-order valence-electron chi connectivity index (χ4n) is 2.96. The smallest absolute Gasteiger partial charge is 0.220 e. The number of carbonyl (C=O) groups is 1. The highest BCUT2D eigenvalue weighted by molar-refractivity contribution is 5.86. The van der Waals surface area contributed by atoms with Crippen LogP contribution in [0.4, 0.5) is 0 Å². The highest BCUT2D eigenvalue weighted by Crippen LogP contribution is 2.36. The standard InChI is InChI=1S/C17H19NO/c1-12(18(13(2)19)15-10-11-15)16-9-5-7-14-6-3-4-8-17(14)16/h3-9,12,15H,10-11H2,1-2H3/t12-/m0/s1. The van der Waals surface area contributed by atoms with Crippen LogP contribution in [0.2, 0.25) is 0 Å². The first-order valence-corrected chi connectivity index (χ1v) is 6.95. The predicted molar refractivity (Wildman–Crippen MR) is 77.9 cm³/mol. The maximum Gasteiger partial charge on any atom is 0.220 e. The van der Waals surface area contributed by atoms with E-state index in [1.54, 1.807) is 6.92 Å². The molecule has 1 amide bonds. The molecule has 98 valence electrons. The summed E-state index contributed by atoms with van der Waals surface area (Å²) in [5.41, 5.74) is 1.25. The quantitative estimate of drug-likeness (QED) is 0.812. The lowest BCUT2D eigenvalue weighted by atomic mass is 9.98. The van der Waals surface area contributed by atoms with Crippen LogP contribution in [0.25, 0.3) is 10.8 Å². The monoisotopic (exact) mass is 253 g/mol. The van der Waals surface area contributed by atoms with Crippen molar-refractivity contribution in [2.45, 2.75) is 38.8 Å². The van der Waals surface area contributed by atoms with Crippen LogP contribution in [0.15, 0.2) is 42.5 Å². The van der Waals surface area contributed by atoms with Crippen molar-refractivity contribution in [3.63, 3.8) is 0 Å². The molecule has 1 fully saturated rings. The van der Waals surface area contributed by atoms with Crippen molar-refractivity contribution in [1.29, 1.82) is 0 Å². The third kappa shape index (κ3) is 2.23. The molecule has 0 aromatic heterocycles. The minimum absolute atomic E-state index is 0.149. The number of amides is 1. The molecule has 1 saturated carbocycles. The van der Waals surface area contributed by atoms with Gasteiger partial charge in [0.1, 0.15) is 0 Å². The molecule has 2 heteroatoms. The van der Waals surface area contributed by atoms with E-state index in [2.05, 4.69) is 49.4 Å². The molecule has 1 aliphatic rings. The SMILES string of the molecule is CC(=O)N(C1CC1)[C@@H](C)c1cccc2ccccc12. The number of benzene rings is 2. The van der Waals surface area contributed by atoms with E-state index in [1.807, 2.05) is 4.90 Å². The Morgan fingerprint density at radius 1 is 1.16 bits per heavy atom. The van der Waals surface area contributed by atoms with Crippen molar-refractivity contribution in [3.05, 3.63) is 48.0 Å². The number of carbonyl (C=O) groups excluding carboxylic acids is 1. The lowest BCUT2D eigenvalue weighted by molar-refractivity contribution is -0.131. The molecule has 0 aliphatic heterocycles. The van der Waals surface area contributed by atoms with Crippen LogP contribution in [0.3, 0.4) is 0 Å². The summed E-state index contributed by atoms with van der Waals surface area (Å²) in [6, 6.07) is 15.3. The van der Waals surface area contributed by atoms with Crippen molar-refractivity contribution in [1.82, 2.24) is 4.90 Å². The zero-order valence-corrected chi connectivity index (χ0v) is 11.5. The van der Waals surface area contributed by atoms with Gasteiger partial charge in [-0.25, -0.2) is 0 Å². The average molecular weight is 253 g/mol. The maximum absolute atomic E-state index is 11.9. The summed E-state index contributed by atoms with van der Waals surface area (Å²) in [6.45, 7) is 3.82. The Balaban J connectivity index is 2.05. The summed E-state index contributed by atoms with van der Waals surface area (Å²) in [5.74, 6) is 0.183. The molecule has 2 aromatic rings. The second-order valence-electron chi connectivity index (χ2n) is 5.40. The summed E-state index contributed by atoms with van der Waals surface area (Å²) >= 11 is 0. The Morgan fingerprint density at radius 3 is 2.53 bits per heavy atom. The Bertz CT molecular complexity index is 610. The van der Waals surface area contributed by atoms with E-state index in [1.165, 1.54) is 16.3 Å². The first kappa shape index (κ1) is 12.2. The fourth-order valence-corrected chi connectivity index (χ4v) is 2.96. The van der Waals surface area contributed by atoms with Crippen molar-refractivity contribution < 1.29 is 4.79 Å². The van der Waals surface area contributed by atoms with Crippen molar-refractivity contribution in [3.8, 4) is 0 Å². The summed E-state index contributed by atoms with van der Waals surface area (Å²) in [6.07, 6.45) is 2.30. The molecule has 19 heavy (non-hydrogen) atoms. The first-order chi connectivity index (χ1) is 9.18. The largest absolute Gasteiger partial charge is 0.333 e. The van der Waals surface area contributed by atoms with Crippen LogP contribution in [0, 0.1) is 0 Å². The number of hydrogen-bond donors (Lipinski definition) is 0. The van der Waals surface area contributed by atoms with Crippen LogP contribution in [0.5, 0.6) is 0 Å². The highest BCUT2D eigenvalue weighted by atomic mass is 16.2. The van der Waals surface area contributed by atoms with Crippen LogP contribution in [-0.2, 0) is 4.79 Å². The second kappa shape index (κ2) is 4.69. The van der Waals surface area contributed by atoms with E-state index in [9.17, 15) is 4.79 Å². The van der Waals surface area contributed by atoms with Gasteiger partial charge in [0.15, 0.2) is 0 Å². The lowest BCUT2D eigenvalue weighted by Crippen LogP contribution is -2.33. The van der Waals surface area contributed by atoms with Gasteiger partial charge in [0, 0.05) is 13.0 Å². The van der Waals surface area contributed by atoms with Crippen molar-refractivity contribution in [2.24, 2.45) is 0 Å². The summed E-state index contributed by atoms with van der Waals surface area (Å²) < 4.78 is 0. The normalized spacial score (nSPS) is 16.3. The van der Waals surface area contributed by atoms with Gasteiger partial charge in [-0.1, -0.05) is 42.5 Å². The van der Waals surface area contributed by atoms with Crippen molar-refractivity contribution in [2.75, 3.05) is 0 Å². The first-order valence-electron chi connectivity index (χ1n) is 6.95. The molecule has 2 nitrogen and oxygen atoms in total. The molecule has 0 heterocycles. The minimum atomic E-state index is 0.149. The van der Waals surface area contributed by atoms with E-state index in [4.69, 9.17) is 0 Å². The molecule has 0 bridgehead atoms. The molecule has 0 saturated heterocycles. The minimum Gasteiger partial charge on any atom is -0.333 e. The van der Waals surface area contributed by atoms with Crippen LogP contribution >= 0.6 is 0 Å². The molecule has 0 radical (unpaired) electrons. The molecular weight excluding hydrogens is 234 g/mol. The van der Waals surface area contributed by atoms with E-state index < -0.39 is 0 Å². The van der Waals surface area contributed by atoms with Gasteiger partial charge in [0.2, 0.25) is 5.91 Å². The van der Waals surface area contributed by atoms with Crippen LogP contribution in [-0.4, -0.2) is 16.8 Å². The van der Waals surface area contributed by atoms with Gasteiger partial charge in [-0.2, -0.15) is 0 Å². The molecule has 1 aliphatic carbocycles. The zero-order valence-electron chi connectivity index (χ0n) is 11.5. The van der Waals surface area contributed by atoms with Gasteiger partial charge in [-0.15, -0.1) is 0 Å². The van der Waals surface area contributed by atoms with Crippen LogP contribution < -0.4 is 0 Å². The topological polar surface area (TPSA) is 20.3 Å². The Labute approximate surface area is 114 Å². The molecule has 0 N–H and O–H groups in total. The lowest BCUT2D eigenvalue weighted by Gasteiger charge is -2.29. The van der Waals surface area contributed by atoms with Gasteiger partial charge < -0.3 is 4.90 Å². The maximum atomic E-state index is 11.9. The Kier molecular flexibility index (Phi) is 3.02. The third-order valence-electron chi connectivity index (χ3n) is 3.99. The number of fused-ring (bicyclic) bond motifs is 1. The van der Waals surface area contributed by atoms with Gasteiger partial charge in [-0.3, -0.25) is 4.79 Å². The molecule has 0 unspecified atom stereocenters. The van der Waals surface area contributed by atoms with Gasteiger partial charge >= 0.3 is 0 Å². The highest BCUT2D eigenvalue weighted by Gasteiger charge is 2.34. The van der Waals surface area contributed by atoms with E-state index in [-0.39, 0.29) is 11.9 Å². The molecule has 0 spiro atoms. The molecule has 2 aromatic carbocycles. The van der Waals surface area contributed by atoms with E-state index in [0.717, 1.165) is 12.8 Å². The zero-order chi connectivity index (χ0) is 13.4. The number of hydrogen-bond acceptors (Lipinski definition) is 1. The molecular formula is C17H19NO. The average Bonchev–Trinajstić information content (AvgIpc) is 3.22. The number of nitrogens with zero attached hydrogens (tertiary/aromatic N) is 1. The Hall–Kier alpha value is -1.83. The second-order valence-corrected chi connectivity index (χ2v) is 5.40. The van der Waals surface area contributed by atoms with Gasteiger partial charge in [-0.05, 0) is 36.1 Å². The summed E-state index contributed by atoms with van der Waals surface area (Å²) in [5, 5.41) is 2.50. The van der Waals surface area contributed by atoms with Gasteiger partial charge in [0.05, 0.1) is 6.04 Å². The van der Waals surface area contributed by atoms with E-state index >= 15 is 0 Å². The fraction of sp³-hybridized carbons (Fsp3) is 0.353. The number of rotatable bonds is 3. The van der Waals surface area contributed by atoms with E-state index in [0.29, 0.717) is 6.04 Å². The third-order valence-corrected chi connectivity index (χ3v) is 3.99.